The number of alkyl halides is 1. The van der Waals surface area contributed by atoms with E-state index in [0.717, 1.165) is 25.7 Å². The van der Waals surface area contributed by atoms with E-state index in [4.69, 9.17) is 5.11 Å². The number of carboxylic acid groups (broad SMARTS) is 1. The number of hydrogen-bond acceptors (Lipinski definition) is 1. The highest BCUT2D eigenvalue weighted by molar-refractivity contribution is 5.70. The fourth-order valence-corrected chi connectivity index (χ4v) is 2.02. The van der Waals surface area contributed by atoms with Crippen LogP contribution in [0.4, 0.5) is 4.39 Å². The number of carbonyl (C=O) groups is 1. The van der Waals surface area contributed by atoms with E-state index in [-0.39, 0.29) is 18.5 Å². The number of aliphatic carboxylic acids is 1. The molecule has 1 N–H and O–H groups in total. The summed E-state index contributed by atoms with van der Waals surface area (Å²) in [4.78, 5) is 10.7. The maximum atomic E-state index is 12.0. The van der Waals surface area contributed by atoms with Crippen LogP contribution in [-0.2, 0) is 4.79 Å². The van der Waals surface area contributed by atoms with Crippen molar-refractivity contribution in [3.05, 3.63) is 0 Å². The Morgan fingerprint density at radius 2 is 2.08 bits per heavy atom. The Balaban J connectivity index is 2.48. The summed E-state index contributed by atoms with van der Waals surface area (Å²) in [6.07, 6.45) is 4.10. The van der Waals surface area contributed by atoms with Gasteiger partial charge in [0.25, 0.3) is 0 Å². The Bertz CT molecular complexity index is 157. The number of rotatable bonds is 3. The standard InChI is InChI=1S/C9H15FO2/c10-6-5-7-3-1-2-4-8(7)9(11)12/h7-8H,1-6H2,(H,11,12). The second kappa shape index (κ2) is 4.43. The maximum absolute atomic E-state index is 12.0. The highest BCUT2D eigenvalue weighted by atomic mass is 19.1. The van der Waals surface area contributed by atoms with Gasteiger partial charge in [0.05, 0.1) is 12.6 Å². The smallest absolute Gasteiger partial charge is 0.306 e. The molecule has 0 heterocycles. The first-order valence-corrected chi connectivity index (χ1v) is 4.54. The Labute approximate surface area is 71.8 Å². The molecule has 1 fully saturated rings. The molecule has 1 saturated carbocycles. The molecule has 0 spiro atoms. The minimum absolute atomic E-state index is 0.0845. The molecule has 0 amide bonds. The van der Waals surface area contributed by atoms with Crippen molar-refractivity contribution >= 4 is 5.97 Å². The monoisotopic (exact) mass is 174 g/mol. The molecule has 0 bridgehead atoms. The Morgan fingerprint density at radius 1 is 1.42 bits per heavy atom. The predicted octanol–water partition coefficient (Wildman–Crippen LogP) is 2.24. The minimum Gasteiger partial charge on any atom is -0.481 e. The van der Waals surface area contributed by atoms with Crippen molar-refractivity contribution in [2.45, 2.75) is 32.1 Å². The zero-order chi connectivity index (χ0) is 8.97. The molecule has 1 aliphatic carbocycles. The van der Waals surface area contributed by atoms with E-state index in [9.17, 15) is 9.18 Å². The van der Waals surface area contributed by atoms with Gasteiger partial charge in [0, 0.05) is 0 Å². The van der Waals surface area contributed by atoms with Crippen LogP contribution < -0.4 is 0 Å². The summed E-state index contributed by atoms with van der Waals surface area (Å²) in [5, 5.41) is 8.81. The van der Waals surface area contributed by atoms with Crippen LogP contribution in [0.15, 0.2) is 0 Å². The van der Waals surface area contributed by atoms with Gasteiger partial charge in [0.2, 0.25) is 0 Å². The molecule has 2 unspecified atom stereocenters. The second-order valence-corrected chi connectivity index (χ2v) is 3.47. The van der Waals surface area contributed by atoms with Crippen molar-refractivity contribution in [3.63, 3.8) is 0 Å². The van der Waals surface area contributed by atoms with Gasteiger partial charge in [-0.1, -0.05) is 12.8 Å². The molecule has 0 radical (unpaired) electrons. The number of hydrogen-bond donors (Lipinski definition) is 1. The van der Waals surface area contributed by atoms with E-state index in [1.807, 2.05) is 0 Å². The normalized spacial score (nSPS) is 30.1. The summed E-state index contributed by atoms with van der Waals surface area (Å²) in [6, 6.07) is 0. The van der Waals surface area contributed by atoms with Gasteiger partial charge < -0.3 is 5.11 Å². The molecule has 0 saturated heterocycles. The van der Waals surface area contributed by atoms with Crippen LogP contribution in [0.1, 0.15) is 32.1 Å². The van der Waals surface area contributed by atoms with Gasteiger partial charge in [-0.3, -0.25) is 9.18 Å². The quantitative estimate of drug-likeness (QED) is 0.712. The first-order chi connectivity index (χ1) is 5.75. The third-order valence-electron chi connectivity index (χ3n) is 2.71. The average molecular weight is 174 g/mol. The highest BCUT2D eigenvalue weighted by Crippen LogP contribution is 2.32. The van der Waals surface area contributed by atoms with Gasteiger partial charge in [-0.05, 0) is 25.2 Å². The minimum atomic E-state index is -0.742. The van der Waals surface area contributed by atoms with Crippen LogP contribution in [0.2, 0.25) is 0 Å². The first kappa shape index (κ1) is 9.49. The van der Waals surface area contributed by atoms with E-state index in [0.29, 0.717) is 6.42 Å². The van der Waals surface area contributed by atoms with Crippen molar-refractivity contribution in [2.75, 3.05) is 6.67 Å². The lowest BCUT2D eigenvalue weighted by Crippen LogP contribution is -2.27. The van der Waals surface area contributed by atoms with Crippen LogP contribution in [-0.4, -0.2) is 17.8 Å². The summed E-state index contributed by atoms with van der Waals surface area (Å²) >= 11 is 0. The topological polar surface area (TPSA) is 37.3 Å². The molecule has 0 aliphatic heterocycles. The second-order valence-electron chi connectivity index (χ2n) is 3.47. The molecular formula is C9H15FO2. The SMILES string of the molecule is O=C(O)C1CCCCC1CCF. The predicted molar refractivity (Wildman–Crippen MR) is 43.7 cm³/mol. The average Bonchev–Trinajstić information content (AvgIpc) is 2.05. The van der Waals surface area contributed by atoms with E-state index in [2.05, 4.69) is 0 Å². The molecule has 12 heavy (non-hydrogen) atoms. The Kier molecular flexibility index (Phi) is 3.50. The van der Waals surface area contributed by atoms with Gasteiger partial charge in [-0.25, -0.2) is 0 Å². The summed E-state index contributed by atoms with van der Waals surface area (Å²) in [5.74, 6) is -0.941. The van der Waals surface area contributed by atoms with Crippen molar-refractivity contribution in [3.8, 4) is 0 Å². The van der Waals surface area contributed by atoms with Crippen LogP contribution in [0, 0.1) is 11.8 Å². The van der Waals surface area contributed by atoms with Crippen LogP contribution >= 0.6 is 0 Å². The Hall–Kier alpha value is -0.600. The summed E-state index contributed by atoms with van der Waals surface area (Å²) in [5.41, 5.74) is 0. The first-order valence-electron chi connectivity index (χ1n) is 4.54. The summed E-state index contributed by atoms with van der Waals surface area (Å²) in [7, 11) is 0. The van der Waals surface area contributed by atoms with Crippen molar-refractivity contribution < 1.29 is 14.3 Å². The molecule has 0 aromatic heterocycles. The van der Waals surface area contributed by atoms with Gasteiger partial charge in [0.1, 0.15) is 0 Å². The summed E-state index contributed by atoms with van der Waals surface area (Å²) in [6.45, 7) is -0.381. The zero-order valence-corrected chi connectivity index (χ0v) is 7.13. The lowest BCUT2D eigenvalue weighted by molar-refractivity contribution is -0.145. The molecule has 0 aromatic rings. The van der Waals surface area contributed by atoms with E-state index in [1.165, 1.54) is 0 Å². The largest absolute Gasteiger partial charge is 0.481 e. The third-order valence-corrected chi connectivity index (χ3v) is 2.71. The van der Waals surface area contributed by atoms with Gasteiger partial charge >= 0.3 is 5.97 Å². The molecule has 2 nitrogen and oxygen atoms in total. The lowest BCUT2D eigenvalue weighted by Gasteiger charge is -2.27. The van der Waals surface area contributed by atoms with Crippen molar-refractivity contribution in [2.24, 2.45) is 11.8 Å². The molecule has 1 rings (SSSR count). The third kappa shape index (κ3) is 2.19. The van der Waals surface area contributed by atoms with E-state index in [1.54, 1.807) is 0 Å². The lowest BCUT2D eigenvalue weighted by atomic mass is 9.78. The fourth-order valence-electron chi connectivity index (χ4n) is 2.02. The summed E-state index contributed by atoms with van der Waals surface area (Å²) < 4.78 is 12.0. The van der Waals surface area contributed by atoms with Crippen LogP contribution in [0.3, 0.4) is 0 Å². The van der Waals surface area contributed by atoms with Gasteiger partial charge in [-0.2, -0.15) is 0 Å². The molecular weight excluding hydrogens is 159 g/mol. The van der Waals surface area contributed by atoms with Gasteiger partial charge in [-0.15, -0.1) is 0 Å². The molecule has 0 aromatic carbocycles. The Morgan fingerprint density at radius 3 is 2.67 bits per heavy atom. The van der Waals surface area contributed by atoms with Gasteiger partial charge in [0.15, 0.2) is 0 Å². The van der Waals surface area contributed by atoms with Crippen LogP contribution in [0.25, 0.3) is 0 Å². The number of carboxylic acids is 1. The fraction of sp³-hybridized carbons (Fsp3) is 0.889. The van der Waals surface area contributed by atoms with E-state index < -0.39 is 5.97 Å². The number of halogens is 1. The maximum Gasteiger partial charge on any atom is 0.306 e. The van der Waals surface area contributed by atoms with Crippen molar-refractivity contribution in [1.82, 2.24) is 0 Å². The van der Waals surface area contributed by atoms with E-state index >= 15 is 0 Å². The molecule has 70 valence electrons. The highest BCUT2D eigenvalue weighted by Gasteiger charge is 2.29. The van der Waals surface area contributed by atoms with Crippen molar-refractivity contribution in [1.29, 1.82) is 0 Å². The van der Waals surface area contributed by atoms with Crippen LogP contribution in [0.5, 0.6) is 0 Å². The molecule has 1 aliphatic rings. The molecule has 3 heteroatoms. The zero-order valence-electron chi connectivity index (χ0n) is 7.13. The molecule has 2 atom stereocenters.